The molecule has 4 rings (SSSR count). The highest BCUT2D eigenvalue weighted by molar-refractivity contribution is 7.51. The number of fused-ring (bicyclic) bond motifs is 3. The first kappa shape index (κ1) is 43.5. The van der Waals surface area contributed by atoms with E-state index in [4.69, 9.17) is 9.79 Å². The van der Waals surface area contributed by atoms with Gasteiger partial charge >= 0.3 is 13.8 Å². The molecule has 12 nitrogen and oxygen atoms in total. The van der Waals surface area contributed by atoms with Crippen molar-refractivity contribution < 1.29 is 51.1 Å². The predicted molar refractivity (Wildman–Crippen MR) is 198 cm³/mol. The molecule has 1 aliphatic rings. The van der Waals surface area contributed by atoms with Crippen molar-refractivity contribution in [3.8, 4) is 0 Å². The van der Waals surface area contributed by atoms with E-state index in [0.29, 0.717) is 24.1 Å². The third-order valence-corrected chi connectivity index (χ3v) is 11.4. The zero-order valence-corrected chi connectivity index (χ0v) is 32.2. The number of halogens is 4. The first-order valence-corrected chi connectivity index (χ1v) is 20.3. The summed E-state index contributed by atoms with van der Waals surface area (Å²) in [6, 6.07) is 7.14. The van der Waals surface area contributed by atoms with Crippen molar-refractivity contribution in [2.24, 2.45) is 11.8 Å². The summed E-state index contributed by atoms with van der Waals surface area (Å²) in [7, 11) is -4.21. The molecule has 0 fully saturated rings. The van der Waals surface area contributed by atoms with Crippen molar-refractivity contribution in [1.82, 2.24) is 26.3 Å². The lowest BCUT2D eigenvalue weighted by molar-refractivity contribution is -0.139. The zero-order valence-electron chi connectivity index (χ0n) is 31.3. The lowest BCUT2D eigenvalue weighted by Crippen LogP contribution is -2.67. The van der Waals surface area contributed by atoms with Crippen molar-refractivity contribution >= 4 is 42.1 Å². The number of hydrogen-bond donors (Lipinski definition) is 7. The summed E-state index contributed by atoms with van der Waals surface area (Å²) in [5.41, 5.74) is -1.86. The van der Waals surface area contributed by atoms with Crippen LogP contribution in [0.5, 0.6) is 0 Å². The molecule has 1 aromatic heterocycles. The van der Waals surface area contributed by atoms with E-state index in [-0.39, 0.29) is 67.7 Å². The number of rotatable bonds is 17. The summed E-state index contributed by atoms with van der Waals surface area (Å²) in [5.74, 6) is -4.16. The molecule has 0 bridgehead atoms. The van der Waals surface area contributed by atoms with E-state index in [9.17, 15) is 41.3 Å². The Kier molecular flexibility index (Phi) is 14.3. The summed E-state index contributed by atoms with van der Waals surface area (Å²) < 4.78 is 67.7. The van der Waals surface area contributed by atoms with Crippen molar-refractivity contribution in [3.05, 3.63) is 70.7 Å². The number of benzene rings is 2. The van der Waals surface area contributed by atoms with Crippen LogP contribution in [0.25, 0.3) is 10.9 Å². The van der Waals surface area contributed by atoms with Crippen molar-refractivity contribution in [2.75, 3.05) is 12.7 Å². The Morgan fingerprint density at radius 2 is 1.58 bits per heavy atom. The van der Waals surface area contributed by atoms with Gasteiger partial charge in [0.2, 0.25) is 23.6 Å². The quantitative estimate of drug-likeness (QED) is 0.0566. The molecular formula is C38H50F4N5O7P. The Morgan fingerprint density at radius 1 is 0.927 bits per heavy atom. The molecule has 4 amide bonds. The van der Waals surface area contributed by atoms with Crippen LogP contribution in [-0.4, -0.2) is 68.7 Å². The number of alkyl halides is 3. The summed E-state index contributed by atoms with van der Waals surface area (Å²) in [4.78, 5) is 76.7. The van der Waals surface area contributed by atoms with Crippen LogP contribution in [0.15, 0.2) is 42.5 Å². The molecular weight excluding hydrogens is 745 g/mol. The standard InChI is InChI=1S/C38H50F4N5O7P/c1-5-22(3)31(34(49)43-18-9-10-19-55(52,53)54)46-36(51)37(17-16-29-26(21-37)25-13-11-14-27(33(25)44-29)38(40,41)42)47-35(50)32(23(4)6-2)45-30(48)20-24-12-7-8-15-28(24)39/h7-8,11-15,22-23,31-32,44H,5-6,9-10,16-21H2,1-4H3,(H,43,49)(H,45,48)(H,46,51)(H,47,50)(H2,52,53,54)/t22?,23?,31?,32?,37-/m0/s1. The Hall–Kier alpha value is -4.27. The highest BCUT2D eigenvalue weighted by Crippen LogP contribution is 2.40. The van der Waals surface area contributed by atoms with E-state index in [1.54, 1.807) is 26.8 Å². The molecule has 17 heteroatoms. The molecule has 0 saturated carbocycles. The second kappa shape index (κ2) is 18.1. The third-order valence-electron chi connectivity index (χ3n) is 10.5. The Balaban J connectivity index is 1.68. The highest BCUT2D eigenvalue weighted by Gasteiger charge is 2.47. The normalized spacial score (nSPS) is 18.1. The number of carbonyl (C=O) groups is 4. The molecule has 2 aromatic carbocycles. The number of amides is 4. The molecule has 0 aliphatic heterocycles. The molecule has 0 spiro atoms. The van der Waals surface area contributed by atoms with Gasteiger partial charge in [0.25, 0.3) is 0 Å². The topological polar surface area (TPSA) is 190 Å². The van der Waals surface area contributed by atoms with Gasteiger partial charge in [0.1, 0.15) is 23.4 Å². The lowest BCUT2D eigenvalue weighted by Gasteiger charge is -2.39. The second-order valence-corrected chi connectivity index (χ2v) is 16.3. The molecule has 7 N–H and O–H groups in total. The molecule has 1 aliphatic carbocycles. The minimum atomic E-state index is -4.67. The Bertz CT molecular complexity index is 1920. The summed E-state index contributed by atoms with van der Waals surface area (Å²) in [6.07, 6.45) is -4.34. The second-order valence-electron chi connectivity index (χ2n) is 14.5. The molecule has 1 heterocycles. The molecule has 0 saturated heterocycles. The SMILES string of the molecule is CCC(C)C(NC(=O)Cc1ccccc1F)C(=O)N[C@@]1(C(=O)NC(C(=O)NCCCCP(=O)(O)O)C(C)CC)CCc2[nH]c3c(C(F)(F)F)cccc3c2C1. The lowest BCUT2D eigenvalue weighted by atomic mass is 9.78. The van der Waals surface area contributed by atoms with E-state index in [0.717, 1.165) is 6.07 Å². The van der Waals surface area contributed by atoms with E-state index in [2.05, 4.69) is 26.3 Å². The minimum absolute atomic E-state index is 0.0580. The first-order valence-electron chi connectivity index (χ1n) is 18.5. The largest absolute Gasteiger partial charge is 0.418 e. The average Bonchev–Trinajstić information content (AvgIpc) is 3.49. The van der Waals surface area contributed by atoms with Crippen LogP contribution in [0.3, 0.4) is 0 Å². The number of para-hydroxylation sites is 1. The van der Waals surface area contributed by atoms with E-state index in [1.165, 1.54) is 30.3 Å². The molecule has 5 atom stereocenters. The Labute approximate surface area is 317 Å². The molecule has 4 unspecified atom stereocenters. The van der Waals surface area contributed by atoms with E-state index >= 15 is 0 Å². The van der Waals surface area contributed by atoms with Crippen molar-refractivity contribution in [2.45, 2.75) is 103 Å². The van der Waals surface area contributed by atoms with Gasteiger partial charge in [-0.3, -0.25) is 23.7 Å². The number of aromatic amines is 1. The van der Waals surface area contributed by atoms with Gasteiger partial charge < -0.3 is 36.0 Å². The van der Waals surface area contributed by atoms with Crippen LogP contribution >= 0.6 is 7.60 Å². The van der Waals surface area contributed by atoms with E-state index < -0.39 is 78.2 Å². The smallest absolute Gasteiger partial charge is 0.358 e. The molecule has 55 heavy (non-hydrogen) atoms. The van der Waals surface area contributed by atoms with Gasteiger partial charge in [-0.15, -0.1) is 0 Å². The van der Waals surface area contributed by atoms with Gasteiger partial charge in [-0.05, 0) is 60.8 Å². The van der Waals surface area contributed by atoms with E-state index in [1.807, 2.05) is 6.92 Å². The predicted octanol–water partition coefficient (Wildman–Crippen LogP) is 5.05. The summed E-state index contributed by atoms with van der Waals surface area (Å²) in [5, 5.41) is 11.3. The average molecular weight is 796 g/mol. The van der Waals surface area contributed by atoms with Crippen LogP contribution in [0.2, 0.25) is 0 Å². The van der Waals surface area contributed by atoms with Crippen molar-refractivity contribution in [3.63, 3.8) is 0 Å². The number of nitrogens with one attached hydrogen (secondary N) is 5. The van der Waals surface area contributed by atoms with Crippen LogP contribution in [0, 0.1) is 17.7 Å². The monoisotopic (exact) mass is 795 g/mol. The fourth-order valence-corrected chi connectivity index (χ4v) is 7.50. The van der Waals surface area contributed by atoms with Gasteiger partial charge in [0, 0.05) is 30.2 Å². The van der Waals surface area contributed by atoms with Gasteiger partial charge in [-0.25, -0.2) is 4.39 Å². The Morgan fingerprint density at radius 3 is 2.20 bits per heavy atom. The van der Waals surface area contributed by atoms with Crippen molar-refractivity contribution in [1.29, 1.82) is 0 Å². The van der Waals surface area contributed by atoms with Crippen LogP contribution in [0.4, 0.5) is 17.6 Å². The number of carbonyl (C=O) groups excluding carboxylic acids is 4. The summed E-state index contributed by atoms with van der Waals surface area (Å²) >= 11 is 0. The molecule has 0 radical (unpaired) electrons. The first-order chi connectivity index (χ1) is 25.8. The maximum Gasteiger partial charge on any atom is 0.418 e. The van der Waals surface area contributed by atoms with Crippen LogP contribution in [-0.2, 0) is 49.2 Å². The fraction of sp³-hybridized carbons (Fsp3) is 0.526. The molecule has 3 aromatic rings. The van der Waals surface area contributed by atoms with Gasteiger partial charge in [0.15, 0.2) is 0 Å². The molecule has 302 valence electrons. The minimum Gasteiger partial charge on any atom is -0.358 e. The number of H-pyrrole nitrogens is 1. The van der Waals surface area contributed by atoms with Gasteiger partial charge in [-0.2, -0.15) is 13.2 Å². The van der Waals surface area contributed by atoms with Crippen LogP contribution in [0.1, 0.15) is 82.2 Å². The van der Waals surface area contributed by atoms with Gasteiger partial charge in [0.05, 0.1) is 17.5 Å². The summed E-state index contributed by atoms with van der Waals surface area (Å²) in [6.45, 7) is 7.15. The van der Waals surface area contributed by atoms with Gasteiger partial charge in [-0.1, -0.05) is 70.9 Å². The number of hydrogen-bond acceptors (Lipinski definition) is 5. The number of aromatic nitrogens is 1. The zero-order chi connectivity index (χ0) is 40.7. The number of unbranched alkanes of at least 4 members (excludes halogenated alkanes) is 1. The fourth-order valence-electron chi connectivity index (χ4n) is 6.87. The maximum atomic E-state index is 14.6. The van der Waals surface area contributed by atoms with Crippen LogP contribution < -0.4 is 21.3 Å². The highest BCUT2D eigenvalue weighted by atomic mass is 31.2. The maximum absolute atomic E-state index is 14.6. The number of aryl methyl sites for hydroxylation is 1. The third kappa shape index (κ3) is 10.9.